The second-order valence-corrected chi connectivity index (χ2v) is 6.80. The minimum atomic E-state index is -0.559. The third-order valence-electron chi connectivity index (χ3n) is 4.79. The van der Waals surface area contributed by atoms with Crippen molar-refractivity contribution in [3.8, 4) is 0 Å². The predicted octanol–water partition coefficient (Wildman–Crippen LogP) is 2.12. The number of benzene rings is 1. The fourth-order valence-corrected chi connectivity index (χ4v) is 3.29. The lowest BCUT2D eigenvalue weighted by Crippen LogP contribution is -2.50. The fraction of sp³-hybridized carbons (Fsp3) is 0.579. The van der Waals surface area contributed by atoms with Gasteiger partial charge in [0.2, 0.25) is 0 Å². The molecule has 1 fully saturated rings. The normalized spacial score (nSPS) is 18.8. The Morgan fingerprint density at radius 2 is 1.92 bits per heavy atom. The highest BCUT2D eigenvalue weighted by Crippen LogP contribution is 2.18. The van der Waals surface area contributed by atoms with Gasteiger partial charge >= 0.3 is 6.03 Å². The van der Waals surface area contributed by atoms with Crippen LogP contribution in [0, 0.1) is 5.82 Å². The third-order valence-corrected chi connectivity index (χ3v) is 4.79. The molecule has 1 aromatic carbocycles. The number of nitrogens with zero attached hydrogens (tertiary/aromatic N) is 1. The molecule has 1 saturated heterocycles. The van der Waals surface area contributed by atoms with Crippen LogP contribution < -0.4 is 16.0 Å². The van der Waals surface area contributed by atoms with Crippen LogP contribution in [0.1, 0.15) is 43.5 Å². The number of piperidine rings is 1. The Morgan fingerprint density at radius 1 is 1.19 bits per heavy atom. The lowest BCUT2D eigenvalue weighted by atomic mass is 10.0. The summed E-state index contributed by atoms with van der Waals surface area (Å²) in [4.78, 5) is 26.1. The molecule has 3 amide bonds. The van der Waals surface area contributed by atoms with Crippen molar-refractivity contribution in [2.45, 2.75) is 45.2 Å². The van der Waals surface area contributed by atoms with Crippen molar-refractivity contribution in [3.63, 3.8) is 0 Å². The molecule has 3 N–H and O–H groups in total. The van der Waals surface area contributed by atoms with Crippen LogP contribution in [0.4, 0.5) is 9.18 Å². The molecule has 1 aliphatic heterocycles. The molecule has 7 heteroatoms. The summed E-state index contributed by atoms with van der Waals surface area (Å²) in [6, 6.07) is 6.38. The summed E-state index contributed by atoms with van der Waals surface area (Å²) in [7, 11) is 0. The van der Waals surface area contributed by atoms with Gasteiger partial charge in [0.25, 0.3) is 5.91 Å². The van der Waals surface area contributed by atoms with Crippen LogP contribution in [-0.2, 0) is 0 Å². The first kappa shape index (κ1) is 20.2. The highest BCUT2D eigenvalue weighted by molar-refractivity contribution is 5.94. The Balaban J connectivity index is 1.61. The summed E-state index contributed by atoms with van der Waals surface area (Å²) in [5, 5.41) is 8.15. The minimum Gasteiger partial charge on any atom is -0.350 e. The number of carbonyl (C=O) groups excluding carboxylic acids is 2. The number of amides is 3. The summed E-state index contributed by atoms with van der Waals surface area (Å²) >= 11 is 0. The molecule has 6 nitrogen and oxygen atoms in total. The van der Waals surface area contributed by atoms with Crippen molar-refractivity contribution in [2.24, 2.45) is 0 Å². The molecule has 1 heterocycles. The van der Waals surface area contributed by atoms with Gasteiger partial charge in [-0.2, -0.15) is 0 Å². The number of rotatable bonds is 7. The largest absolute Gasteiger partial charge is 0.350 e. The maximum Gasteiger partial charge on any atom is 0.314 e. The van der Waals surface area contributed by atoms with Crippen molar-refractivity contribution in [1.29, 1.82) is 0 Å². The van der Waals surface area contributed by atoms with E-state index in [0.717, 1.165) is 6.54 Å². The third kappa shape index (κ3) is 5.98. The molecule has 0 aromatic heterocycles. The first-order valence-electron chi connectivity index (χ1n) is 9.29. The van der Waals surface area contributed by atoms with E-state index in [4.69, 9.17) is 0 Å². The van der Waals surface area contributed by atoms with E-state index in [1.807, 2.05) is 0 Å². The predicted molar refractivity (Wildman–Crippen MR) is 99.6 cm³/mol. The van der Waals surface area contributed by atoms with Crippen molar-refractivity contribution in [1.82, 2.24) is 20.9 Å². The Labute approximate surface area is 154 Å². The average molecular weight is 364 g/mol. The van der Waals surface area contributed by atoms with E-state index in [2.05, 4.69) is 34.7 Å². The molecule has 0 unspecified atom stereocenters. The van der Waals surface area contributed by atoms with Gasteiger partial charge in [-0.25, -0.2) is 9.18 Å². The molecule has 0 aliphatic carbocycles. The first-order chi connectivity index (χ1) is 12.5. The van der Waals surface area contributed by atoms with Crippen molar-refractivity contribution < 1.29 is 14.0 Å². The number of hydrogen-bond donors (Lipinski definition) is 3. The van der Waals surface area contributed by atoms with E-state index >= 15 is 0 Å². The Kier molecular flexibility index (Phi) is 7.84. The van der Waals surface area contributed by atoms with E-state index in [9.17, 15) is 14.0 Å². The van der Waals surface area contributed by atoms with Gasteiger partial charge in [0, 0.05) is 31.7 Å². The smallest absolute Gasteiger partial charge is 0.314 e. The van der Waals surface area contributed by atoms with Crippen LogP contribution in [0.25, 0.3) is 0 Å². The number of urea groups is 1. The van der Waals surface area contributed by atoms with Gasteiger partial charge in [-0.1, -0.05) is 18.6 Å². The Bertz CT molecular complexity index is 611. The summed E-state index contributed by atoms with van der Waals surface area (Å²) in [6.45, 7) is 6.52. The van der Waals surface area contributed by atoms with Crippen LogP contribution in [0.2, 0.25) is 0 Å². The van der Waals surface area contributed by atoms with Gasteiger partial charge in [0.05, 0.1) is 5.56 Å². The Hall–Kier alpha value is -2.15. The zero-order valence-electron chi connectivity index (χ0n) is 15.6. The summed E-state index contributed by atoms with van der Waals surface area (Å²) in [6.07, 6.45) is 3.69. The average Bonchev–Trinajstić information content (AvgIpc) is 2.64. The lowest BCUT2D eigenvalue weighted by Gasteiger charge is -2.38. The molecule has 26 heavy (non-hydrogen) atoms. The molecule has 0 bridgehead atoms. The highest BCUT2D eigenvalue weighted by Gasteiger charge is 2.23. The van der Waals surface area contributed by atoms with Crippen LogP contribution in [0.5, 0.6) is 0 Å². The second kappa shape index (κ2) is 10.1. The van der Waals surface area contributed by atoms with Gasteiger partial charge in [0.1, 0.15) is 5.82 Å². The van der Waals surface area contributed by atoms with Crippen molar-refractivity contribution >= 4 is 11.9 Å². The van der Waals surface area contributed by atoms with Gasteiger partial charge in [0.15, 0.2) is 0 Å². The number of carbonyl (C=O) groups is 2. The molecular formula is C19H29FN4O2. The summed E-state index contributed by atoms with van der Waals surface area (Å²) < 4.78 is 13.5. The van der Waals surface area contributed by atoms with E-state index < -0.39 is 11.7 Å². The number of halogens is 1. The van der Waals surface area contributed by atoms with Crippen molar-refractivity contribution in [3.05, 3.63) is 35.6 Å². The standard InChI is InChI=1S/C19H29FN4O2/c1-14-7-5-6-12-24(14)15(2)13-23-19(26)22-11-10-21-18(25)16-8-3-4-9-17(16)20/h3-4,8-9,14-15H,5-7,10-13H2,1-2H3,(H,21,25)(H2,22,23,26)/t14-,15+/m1/s1. The molecule has 2 atom stereocenters. The highest BCUT2D eigenvalue weighted by atomic mass is 19.1. The van der Waals surface area contributed by atoms with Gasteiger partial charge in [-0.05, 0) is 45.4 Å². The fourth-order valence-electron chi connectivity index (χ4n) is 3.29. The van der Waals surface area contributed by atoms with Crippen LogP contribution >= 0.6 is 0 Å². The zero-order valence-corrected chi connectivity index (χ0v) is 15.6. The quantitative estimate of drug-likeness (QED) is 0.649. The summed E-state index contributed by atoms with van der Waals surface area (Å²) in [5.74, 6) is -1.05. The van der Waals surface area contributed by atoms with Gasteiger partial charge in [-0.3, -0.25) is 9.69 Å². The van der Waals surface area contributed by atoms with Crippen molar-refractivity contribution in [2.75, 3.05) is 26.2 Å². The molecular weight excluding hydrogens is 335 g/mol. The minimum absolute atomic E-state index is 0.00132. The maximum atomic E-state index is 13.5. The van der Waals surface area contributed by atoms with E-state index in [0.29, 0.717) is 12.6 Å². The molecule has 144 valence electrons. The topological polar surface area (TPSA) is 73.5 Å². The number of hydrogen-bond acceptors (Lipinski definition) is 3. The van der Waals surface area contributed by atoms with E-state index in [-0.39, 0.29) is 30.7 Å². The summed E-state index contributed by atoms with van der Waals surface area (Å²) in [5.41, 5.74) is 0.00132. The monoisotopic (exact) mass is 364 g/mol. The van der Waals surface area contributed by atoms with Gasteiger partial charge < -0.3 is 16.0 Å². The number of nitrogens with one attached hydrogen (secondary N) is 3. The van der Waals surface area contributed by atoms with E-state index in [1.54, 1.807) is 6.07 Å². The molecule has 0 radical (unpaired) electrons. The number of likely N-dealkylation sites (tertiary alicyclic amines) is 1. The SMILES string of the molecule is C[C@@H]1CCCCN1[C@@H](C)CNC(=O)NCCNC(=O)c1ccccc1F. The first-order valence-corrected chi connectivity index (χ1v) is 9.29. The molecule has 0 saturated carbocycles. The molecule has 2 rings (SSSR count). The molecule has 1 aliphatic rings. The van der Waals surface area contributed by atoms with Crippen LogP contribution in [-0.4, -0.2) is 55.1 Å². The van der Waals surface area contributed by atoms with Crippen LogP contribution in [0.15, 0.2) is 24.3 Å². The van der Waals surface area contributed by atoms with Gasteiger partial charge in [-0.15, -0.1) is 0 Å². The lowest BCUT2D eigenvalue weighted by molar-refractivity contribution is 0.0949. The molecule has 1 aromatic rings. The zero-order chi connectivity index (χ0) is 18.9. The maximum absolute atomic E-state index is 13.5. The van der Waals surface area contributed by atoms with Crippen LogP contribution in [0.3, 0.4) is 0 Å². The van der Waals surface area contributed by atoms with E-state index in [1.165, 1.54) is 37.5 Å². The molecule has 0 spiro atoms. The second-order valence-electron chi connectivity index (χ2n) is 6.80. The Morgan fingerprint density at radius 3 is 2.65 bits per heavy atom.